The van der Waals surface area contributed by atoms with Gasteiger partial charge in [-0.2, -0.15) is 0 Å². The van der Waals surface area contributed by atoms with Gasteiger partial charge in [0.2, 0.25) is 0 Å². The van der Waals surface area contributed by atoms with E-state index in [1.54, 1.807) is 0 Å². The molecule has 94 valence electrons. The first kappa shape index (κ1) is 12.4. The van der Waals surface area contributed by atoms with Gasteiger partial charge in [0, 0.05) is 6.04 Å². The van der Waals surface area contributed by atoms with Crippen LogP contribution in [0.2, 0.25) is 0 Å². The molecule has 0 spiro atoms. The maximum Gasteiger partial charge on any atom is 0.0693 e. The summed E-state index contributed by atoms with van der Waals surface area (Å²) in [4.78, 5) is 0. The Balaban J connectivity index is 1.80. The lowest BCUT2D eigenvalue weighted by Crippen LogP contribution is -2.43. The van der Waals surface area contributed by atoms with Crippen LogP contribution < -0.4 is 5.32 Å². The number of aliphatic hydroxyl groups excluding tert-OH is 1. The molecule has 16 heavy (non-hydrogen) atoms. The average molecular weight is 225 g/mol. The lowest BCUT2D eigenvalue weighted by atomic mass is 9.92. The summed E-state index contributed by atoms with van der Waals surface area (Å²) in [6.07, 6.45) is 4.48. The lowest BCUT2D eigenvalue weighted by Gasteiger charge is -2.28. The van der Waals surface area contributed by atoms with Crippen molar-refractivity contribution < 1.29 is 5.11 Å². The summed E-state index contributed by atoms with van der Waals surface area (Å²) in [5, 5.41) is 13.5. The Morgan fingerprint density at radius 1 is 1.06 bits per heavy atom. The molecule has 0 aromatic rings. The Bertz CT molecular complexity index is 245. The van der Waals surface area contributed by atoms with Gasteiger partial charge in [0.25, 0.3) is 0 Å². The maximum atomic E-state index is 9.90. The standard InChI is InChI=1S/C14H27NO/c1-13(2)12(14(13,3)4)9-15-10-7-5-6-8-11(10)16/h10-12,15-16H,5-9H2,1-4H3. The van der Waals surface area contributed by atoms with Crippen molar-refractivity contribution in [1.29, 1.82) is 0 Å². The summed E-state index contributed by atoms with van der Waals surface area (Å²) in [5.74, 6) is 0.758. The number of hydrogen-bond donors (Lipinski definition) is 2. The van der Waals surface area contributed by atoms with Crippen molar-refractivity contribution in [3.05, 3.63) is 0 Å². The number of rotatable bonds is 3. The van der Waals surface area contributed by atoms with Gasteiger partial charge in [-0.1, -0.05) is 40.5 Å². The zero-order valence-electron chi connectivity index (χ0n) is 11.2. The minimum absolute atomic E-state index is 0.112. The van der Waals surface area contributed by atoms with Gasteiger partial charge in [-0.25, -0.2) is 0 Å². The van der Waals surface area contributed by atoms with E-state index in [1.807, 2.05) is 0 Å². The number of nitrogens with one attached hydrogen (secondary N) is 1. The van der Waals surface area contributed by atoms with Gasteiger partial charge in [-0.3, -0.25) is 0 Å². The van der Waals surface area contributed by atoms with E-state index in [9.17, 15) is 5.11 Å². The molecule has 0 amide bonds. The van der Waals surface area contributed by atoms with Gasteiger partial charge in [-0.05, 0) is 36.1 Å². The van der Waals surface area contributed by atoms with Crippen molar-refractivity contribution in [3.8, 4) is 0 Å². The fraction of sp³-hybridized carbons (Fsp3) is 1.00. The molecule has 0 radical (unpaired) electrons. The van der Waals surface area contributed by atoms with Crippen molar-refractivity contribution in [2.24, 2.45) is 16.7 Å². The minimum atomic E-state index is -0.112. The highest BCUT2D eigenvalue weighted by molar-refractivity contribution is 5.13. The Kier molecular flexibility index (Phi) is 3.09. The predicted octanol–water partition coefficient (Wildman–Crippen LogP) is 2.56. The molecular formula is C14H27NO. The second-order valence-electron chi connectivity index (χ2n) is 6.86. The minimum Gasteiger partial charge on any atom is -0.392 e. The van der Waals surface area contributed by atoms with Crippen LogP contribution in [0.15, 0.2) is 0 Å². The lowest BCUT2D eigenvalue weighted by molar-refractivity contribution is 0.0897. The third kappa shape index (κ3) is 1.91. The van der Waals surface area contributed by atoms with Gasteiger partial charge in [-0.15, -0.1) is 0 Å². The fourth-order valence-electron chi connectivity index (χ4n) is 3.46. The Hall–Kier alpha value is -0.0800. The smallest absolute Gasteiger partial charge is 0.0693 e. The first-order valence-electron chi connectivity index (χ1n) is 6.79. The highest BCUT2D eigenvalue weighted by Gasteiger charge is 2.63. The third-order valence-electron chi connectivity index (χ3n) is 5.63. The van der Waals surface area contributed by atoms with Crippen molar-refractivity contribution in [3.63, 3.8) is 0 Å². The monoisotopic (exact) mass is 225 g/mol. The molecule has 2 aliphatic carbocycles. The van der Waals surface area contributed by atoms with Crippen molar-refractivity contribution in [1.82, 2.24) is 5.32 Å². The molecule has 2 N–H and O–H groups in total. The van der Waals surface area contributed by atoms with E-state index in [-0.39, 0.29) is 6.10 Å². The topological polar surface area (TPSA) is 32.3 Å². The fourth-order valence-corrected chi connectivity index (χ4v) is 3.46. The van der Waals surface area contributed by atoms with E-state index in [1.165, 1.54) is 12.8 Å². The van der Waals surface area contributed by atoms with Crippen LogP contribution in [0.25, 0.3) is 0 Å². The van der Waals surface area contributed by atoms with Crippen LogP contribution in [0.3, 0.4) is 0 Å². The molecule has 0 aliphatic heterocycles. The number of aliphatic hydroxyl groups is 1. The molecule has 0 bridgehead atoms. The van der Waals surface area contributed by atoms with Crippen LogP contribution in [-0.4, -0.2) is 23.8 Å². The largest absolute Gasteiger partial charge is 0.392 e. The molecule has 0 aromatic heterocycles. The van der Waals surface area contributed by atoms with Crippen LogP contribution in [0.4, 0.5) is 0 Å². The zero-order valence-corrected chi connectivity index (χ0v) is 11.2. The molecular weight excluding hydrogens is 198 g/mol. The van der Waals surface area contributed by atoms with Gasteiger partial charge < -0.3 is 10.4 Å². The molecule has 0 heterocycles. The Morgan fingerprint density at radius 3 is 2.12 bits per heavy atom. The molecule has 2 aliphatic rings. The van der Waals surface area contributed by atoms with Crippen molar-refractivity contribution in [2.45, 2.75) is 65.5 Å². The summed E-state index contributed by atoms with van der Waals surface area (Å²) in [6.45, 7) is 10.5. The SMILES string of the molecule is CC1(C)C(CNC2CCCCC2O)C1(C)C. The van der Waals surface area contributed by atoms with E-state index in [4.69, 9.17) is 0 Å². The summed E-state index contributed by atoms with van der Waals surface area (Å²) in [7, 11) is 0. The zero-order chi connectivity index (χ0) is 12.0. The average Bonchev–Trinajstić information content (AvgIpc) is 2.58. The van der Waals surface area contributed by atoms with Crippen LogP contribution in [0.5, 0.6) is 0 Å². The second-order valence-corrected chi connectivity index (χ2v) is 6.86. The second kappa shape index (κ2) is 3.99. The predicted molar refractivity (Wildman–Crippen MR) is 67.3 cm³/mol. The molecule has 2 saturated carbocycles. The van der Waals surface area contributed by atoms with E-state index < -0.39 is 0 Å². The van der Waals surface area contributed by atoms with Crippen LogP contribution in [-0.2, 0) is 0 Å². The van der Waals surface area contributed by atoms with Gasteiger partial charge in [0.15, 0.2) is 0 Å². The van der Waals surface area contributed by atoms with Crippen molar-refractivity contribution in [2.75, 3.05) is 6.54 Å². The molecule has 2 fully saturated rings. The van der Waals surface area contributed by atoms with E-state index >= 15 is 0 Å². The van der Waals surface area contributed by atoms with Gasteiger partial charge in [0.05, 0.1) is 6.10 Å². The first-order chi connectivity index (χ1) is 7.37. The summed E-state index contributed by atoms with van der Waals surface area (Å²) >= 11 is 0. The summed E-state index contributed by atoms with van der Waals surface area (Å²) in [6, 6.07) is 0.348. The van der Waals surface area contributed by atoms with Crippen LogP contribution in [0, 0.1) is 16.7 Å². The molecule has 2 heteroatoms. The summed E-state index contributed by atoms with van der Waals surface area (Å²) in [5.41, 5.74) is 0.916. The van der Waals surface area contributed by atoms with E-state index in [0.717, 1.165) is 25.3 Å². The van der Waals surface area contributed by atoms with E-state index in [2.05, 4.69) is 33.0 Å². The van der Waals surface area contributed by atoms with Crippen LogP contribution in [0.1, 0.15) is 53.4 Å². The first-order valence-corrected chi connectivity index (χ1v) is 6.79. The molecule has 2 atom stereocenters. The normalized spacial score (nSPS) is 37.3. The highest BCUT2D eigenvalue weighted by atomic mass is 16.3. The molecule has 0 aromatic carbocycles. The van der Waals surface area contributed by atoms with E-state index in [0.29, 0.717) is 16.9 Å². The van der Waals surface area contributed by atoms with Crippen LogP contribution >= 0.6 is 0 Å². The summed E-state index contributed by atoms with van der Waals surface area (Å²) < 4.78 is 0. The number of hydrogen-bond acceptors (Lipinski definition) is 2. The molecule has 2 unspecified atom stereocenters. The molecule has 2 rings (SSSR count). The highest BCUT2D eigenvalue weighted by Crippen LogP contribution is 2.67. The third-order valence-corrected chi connectivity index (χ3v) is 5.63. The van der Waals surface area contributed by atoms with Gasteiger partial charge in [0.1, 0.15) is 0 Å². The molecule has 2 nitrogen and oxygen atoms in total. The molecule has 0 saturated heterocycles. The Morgan fingerprint density at radius 2 is 1.62 bits per heavy atom. The quantitative estimate of drug-likeness (QED) is 0.773. The maximum absolute atomic E-state index is 9.90. The van der Waals surface area contributed by atoms with Crippen molar-refractivity contribution >= 4 is 0 Å². The van der Waals surface area contributed by atoms with Gasteiger partial charge >= 0.3 is 0 Å². The Labute approximate surface area is 99.8 Å².